The zero-order chi connectivity index (χ0) is 70.4. The first kappa shape index (κ1) is 85.3. The molecule has 1 aromatic carbocycles. The number of unbranched alkanes of at least 4 members (excludes halogenated alkanes) is 18. The number of benzene rings is 1. The summed E-state index contributed by atoms with van der Waals surface area (Å²) in [6.07, 6.45) is 22.8. The van der Waals surface area contributed by atoms with Crippen LogP contribution in [0.5, 0.6) is 0 Å². The molecule has 0 fully saturated rings. The number of aliphatic carboxylic acids is 2. The van der Waals surface area contributed by atoms with Crippen molar-refractivity contribution in [2.24, 2.45) is 23.5 Å². The topological polar surface area (TPSA) is 391 Å². The number of rotatable bonds is 56. The Kier molecular flexibility index (Phi) is 45.2. The highest BCUT2D eigenvalue weighted by Crippen LogP contribution is 2.19. The lowest BCUT2D eigenvalue weighted by molar-refractivity contribution is -0.140. The lowest BCUT2D eigenvalue weighted by Crippen LogP contribution is -2.62. The zero-order valence-corrected chi connectivity index (χ0v) is 58.1. The van der Waals surface area contributed by atoms with E-state index in [1.807, 2.05) is 12.1 Å². The average molecular weight is 1330 g/mol. The van der Waals surface area contributed by atoms with E-state index in [2.05, 4.69) is 68.5 Å². The van der Waals surface area contributed by atoms with Gasteiger partial charge in [0, 0.05) is 38.6 Å². The van der Waals surface area contributed by atoms with E-state index in [1.54, 1.807) is 41.5 Å². The van der Waals surface area contributed by atoms with Crippen LogP contribution in [0.25, 0.3) is 0 Å². The van der Waals surface area contributed by atoms with Crippen molar-refractivity contribution < 1.29 is 73.2 Å². The molecule has 1 aromatic rings. The monoisotopic (exact) mass is 1330 g/mol. The molecule has 2 unspecified atom stereocenters. The molecule has 0 saturated heterocycles. The summed E-state index contributed by atoms with van der Waals surface area (Å²) in [4.78, 5) is 145. The molecular weight excluding hydrogens is 1210 g/mol. The fourth-order valence-corrected chi connectivity index (χ4v) is 10.9. The number of carbonyl (C=O) groups excluding carboxylic acids is 9. The van der Waals surface area contributed by atoms with E-state index < -0.39 is 151 Å². The molecule has 6 atom stereocenters. The van der Waals surface area contributed by atoms with E-state index in [9.17, 15) is 68.1 Å². The van der Waals surface area contributed by atoms with Crippen LogP contribution < -0.4 is 48.3 Å². The van der Waals surface area contributed by atoms with Gasteiger partial charge in [0.25, 0.3) is 0 Å². The largest absolute Gasteiger partial charge is 0.481 e. The van der Waals surface area contributed by atoms with Crippen molar-refractivity contribution in [3.8, 4) is 0 Å². The predicted molar refractivity (Wildman–Crippen MR) is 362 cm³/mol. The first-order valence-electron chi connectivity index (χ1n) is 35.1. The normalized spacial score (nSPS) is 13.4. The van der Waals surface area contributed by atoms with Crippen LogP contribution in [-0.2, 0) is 65.6 Å². The summed E-state index contributed by atoms with van der Waals surface area (Å²) in [7, 11) is 0. The second-order valence-corrected chi connectivity index (χ2v) is 26.5. The van der Waals surface area contributed by atoms with Gasteiger partial charge in [-0.15, -0.1) is 0 Å². The molecule has 0 spiro atoms. The highest BCUT2D eigenvalue weighted by Gasteiger charge is 2.37. The van der Waals surface area contributed by atoms with E-state index in [1.165, 1.54) is 95.5 Å². The summed E-state index contributed by atoms with van der Waals surface area (Å²) in [5.74, 6) is -11.2. The molecule has 0 aliphatic carbocycles. The quantitative estimate of drug-likeness (QED) is 0.0292. The molecule has 0 saturated carbocycles. The first-order valence-corrected chi connectivity index (χ1v) is 35.1. The number of aliphatic hydroxyl groups is 2. The summed E-state index contributed by atoms with van der Waals surface area (Å²) < 4.78 is 0. The van der Waals surface area contributed by atoms with Crippen LogP contribution in [0.1, 0.15) is 259 Å². The van der Waals surface area contributed by atoms with Gasteiger partial charge in [-0.1, -0.05) is 189 Å². The number of carbonyl (C=O) groups is 11. The number of hydrogen-bond donors (Lipinski definition) is 13. The summed E-state index contributed by atoms with van der Waals surface area (Å²) >= 11 is 0. The third-order valence-electron chi connectivity index (χ3n) is 17.1. The summed E-state index contributed by atoms with van der Waals surface area (Å²) in [6.45, 7) is 13.3. The van der Waals surface area contributed by atoms with E-state index in [4.69, 9.17) is 10.8 Å². The molecule has 94 heavy (non-hydrogen) atoms. The lowest BCUT2D eigenvalue weighted by atomic mass is 9.91. The van der Waals surface area contributed by atoms with Crippen molar-refractivity contribution in [1.29, 1.82) is 0 Å². The van der Waals surface area contributed by atoms with Gasteiger partial charge in [0.2, 0.25) is 53.2 Å². The standard InChI is InChI=1S/C70H121N9O15/c1-9-11-13-15-17-18-19-20-21-22-23-25-27-32-56(82)72-45-29-28-31-54(73-57(83)39-40-58(84)79-70(46-80,47-81)44-43-52-35-33-51(34-36-52)30-26-24-16-14-12-10-2)66(91)76-62(49(5)6)68(93)78-63(50(7)8)69(94)77-61(48(3)4)67(92)75-55(38-42-60(87)88)65(90)74-53(64(71)89)37-41-59(85)86/h33-36,48-50,53-55,61-63,80-81H,9-32,37-47H2,1-8H3,(H2,71,89)(H,72,82)(H,73,83)(H,74,90)(H,75,92)(H,76,91)(H,77,94)(H,78,93)(H,79,84)(H,85,86)(H,87,88)/t53-,54-,55-,61?,62?,63-/m0/s1. The number of carboxylic acids is 2. The van der Waals surface area contributed by atoms with Crippen molar-refractivity contribution in [3.63, 3.8) is 0 Å². The van der Waals surface area contributed by atoms with E-state index in [0.717, 1.165) is 44.1 Å². The fourth-order valence-electron chi connectivity index (χ4n) is 10.9. The van der Waals surface area contributed by atoms with Gasteiger partial charge >= 0.3 is 11.9 Å². The Bertz CT molecular complexity index is 2420. The van der Waals surface area contributed by atoms with Crippen molar-refractivity contribution in [1.82, 2.24) is 42.5 Å². The van der Waals surface area contributed by atoms with Crippen molar-refractivity contribution in [2.45, 2.75) is 303 Å². The van der Waals surface area contributed by atoms with Gasteiger partial charge in [0.1, 0.15) is 36.3 Å². The van der Waals surface area contributed by atoms with Gasteiger partial charge in [-0.2, -0.15) is 0 Å². The number of primary amides is 1. The molecular formula is C70H121N9O15. The van der Waals surface area contributed by atoms with Gasteiger partial charge in [-0.3, -0.25) is 52.7 Å². The van der Waals surface area contributed by atoms with E-state index in [0.29, 0.717) is 32.2 Å². The van der Waals surface area contributed by atoms with Crippen LogP contribution >= 0.6 is 0 Å². The molecule has 1 rings (SSSR count). The van der Waals surface area contributed by atoms with Crippen molar-refractivity contribution in [2.75, 3.05) is 19.8 Å². The molecule has 14 N–H and O–H groups in total. The van der Waals surface area contributed by atoms with Crippen LogP contribution in [-0.4, -0.2) is 147 Å². The molecule has 0 heterocycles. The molecule has 0 aliphatic heterocycles. The minimum Gasteiger partial charge on any atom is -0.481 e. The van der Waals surface area contributed by atoms with Crippen LogP contribution in [0, 0.1) is 17.8 Å². The molecule has 536 valence electrons. The van der Waals surface area contributed by atoms with Gasteiger partial charge in [-0.05, 0) is 93.1 Å². The smallest absolute Gasteiger partial charge is 0.303 e. The molecule has 9 amide bonds. The van der Waals surface area contributed by atoms with Crippen LogP contribution in [0.2, 0.25) is 0 Å². The number of hydrogen-bond acceptors (Lipinski definition) is 13. The van der Waals surface area contributed by atoms with E-state index in [-0.39, 0.29) is 38.0 Å². The molecule has 0 aliphatic rings. The van der Waals surface area contributed by atoms with Crippen LogP contribution in [0.15, 0.2) is 24.3 Å². The summed E-state index contributed by atoms with van der Waals surface area (Å²) in [5, 5.41) is 60.6. The van der Waals surface area contributed by atoms with Gasteiger partial charge in [0.05, 0.1) is 18.8 Å². The second-order valence-electron chi connectivity index (χ2n) is 26.5. The predicted octanol–water partition coefficient (Wildman–Crippen LogP) is 7.00. The van der Waals surface area contributed by atoms with Gasteiger partial charge in [-0.25, -0.2) is 0 Å². The molecule has 0 radical (unpaired) electrons. The van der Waals surface area contributed by atoms with Gasteiger partial charge in [0.15, 0.2) is 0 Å². The lowest BCUT2D eigenvalue weighted by Gasteiger charge is -2.31. The minimum atomic E-state index is -1.57. The fraction of sp³-hybridized carbons (Fsp3) is 0.757. The van der Waals surface area contributed by atoms with E-state index >= 15 is 0 Å². The minimum absolute atomic E-state index is 0.0635. The number of nitrogens with two attached hydrogens (primary N) is 1. The maximum Gasteiger partial charge on any atom is 0.303 e. The number of nitrogens with one attached hydrogen (secondary N) is 8. The van der Waals surface area contributed by atoms with Crippen LogP contribution in [0.4, 0.5) is 0 Å². The van der Waals surface area contributed by atoms with Crippen molar-refractivity contribution >= 4 is 65.1 Å². The Morgan fingerprint density at radius 1 is 0.404 bits per heavy atom. The highest BCUT2D eigenvalue weighted by atomic mass is 16.4. The maximum absolute atomic E-state index is 14.4. The third kappa shape index (κ3) is 38.0. The Labute approximate surface area is 559 Å². The Morgan fingerprint density at radius 3 is 1.23 bits per heavy atom. The molecule has 0 bridgehead atoms. The molecule has 0 aromatic heterocycles. The summed E-state index contributed by atoms with van der Waals surface area (Å²) in [5.41, 5.74) is 6.19. The first-order chi connectivity index (χ1) is 44.7. The molecule has 24 nitrogen and oxygen atoms in total. The second kappa shape index (κ2) is 49.8. The average Bonchev–Trinajstić information content (AvgIpc) is 0.958. The van der Waals surface area contributed by atoms with Crippen LogP contribution in [0.3, 0.4) is 0 Å². The molecule has 24 heteroatoms. The summed E-state index contributed by atoms with van der Waals surface area (Å²) in [6, 6.07) is -0.0967. The number of aryl methyl sites for hydroxylation is 2. The Hall–Kier alpha value is -6.69. The van der Waals surface area contributed by atoms with Gasteiger partial charge < -0.3 is 68.7 Å². The zero-order valence-electron chi connectivity index (χ0n) is 58.1. The maximum atomic E-state index is 14.4. The number of carboxylic acid groups (broad SMARTS) is 2. The number of aliphatic hydroxyl groups excluding tert-OH is 2. The SMILES string of the molecule is CCCCCCCCCCCCCCCC(=O)NCCCC[C@H](NC(=O)CCC(=O)NC(CO)(CO)CCc1ccc(CCCCCCCC)cc1)C(=O)NC(C(=O)N[C@H](C(=O)NC(C(=O)N[C@@H](CCC(=O)O)C(=O)N[C@@H](CCC(=O)O)C(N)=O)C(C)C)C(C)C)C(C)C. The Balaban J connectivity index is 3.23. The highest BCUT2D eigenvalue weighted by molar-refractivity contribution is 5.97. The van der Waals surface area contributed by atoms with Crippen molar-refractivity contribution in [3.05, 3.63) is 35.4 Å². The third-order valence-corrected chi connectivity index (χ3v) is 17.1. The Morgan fingerprint density at radius 2 is 0.787 bits per heavy atom. The number of amides is 9.